The van der Waals surface area contributed by atoms with E-state index >= 15 is 0 Å². The Morgan fingerprint density at radius 3 is 0.944 bits per heavy atom. The lowest BCUT2D eigenvalue weighted by molar-refractivity contribution is 0.0300. The Morgan fingerprint density at radius 1 is 0.324 bits per heavy atom. The lowest BCUT2D eigenvalue weighted by atomic mass is 9.95. The van der Waals surface area contributed by atoms with Crippen molar-refractivity contribution in [3.63, 3.8) is 0 Å². The molecule has 6 saturated heterocycles. The van der Waals surface area contributed by atoms with Crippen molar-refractivity contribution in [3.05, 3.63) is 139 Å². The van der Waals surface area contributed by atoms with Crippen LogP contribution in [-0.4, -0.2) is 282 Å². The summed E-state index contributed by atoms with van der Waals surface area (Å²) in [5.74, 6) is 7.99. The van der Waals surface area contributed by atoms with Crippen molar-refractivity contribution in [1.82, 2.24) is 89.2 Å². The maximum atomic E-state index is 13.7. The Bertz CT molecular complexity index is 6610. The average Bonchev–Trinajstić information content (AvgIpc) is 1.76. The van der Waals surface area contributed by atoms with Gasteiger partial charge in [-0.2, -0.15) is 39.9 Å². The standard InChI is InChI=1S/C31H40ClN7O2.C26H32ClN7O2.C26H32N6O3.C21H24N6O3/c32-24-19-33-28-26(24)29(34-20-7-3-1-4-8-20)37-31(36-28)35-25-10-9-23(22-13-18-41-27(22)25)30(40)39-16-11-21(12-17-39)38-14-5-2-6-15-38;1-28-23-21-19(27)15-29-24(21)32-26(31-23)30-20-6-5-18(17-9-14-36-22(17)20)25(35)34-12-7-16(8-13-34)33-10-3-2-4-11-33;1-16-15-27-23-21(16)24(28-17-5-3-2-4-6-17)31-26(30-23)29-20-8-7-19(18-9-12-35-22(18)20)25(33)32-10-13-34-14-11-32;1-12-11-23-19-16(12)18(22-2)25-21(26-19)24-15-4-3-14(13-5-8-30-17(13)15)20(28)27-6-9-29-10-7-27/h9-10,19-21H,1-8,11-18H2,(H3,33,34,35,36,37);5-6,15-16H,2-4,7-14H2,1H3,(H3,28,29,30,31,32);7-8,15,17H,2-6,9-14H2,1H3,(H3,27,28,29,30,31);3-4,11H,5-10H2,1-2H3,(H3,22,23,24,25,26). The van der Waals surface area contributed by atoms with Gasteiger partial charge in [-0.3, -0.25) is 19.2 Å². The van der Waals surface area contributed by atoms with Gasteiger partial charge in [-0.15, -0.1) is 0 Å². The number of fused-ring (bicyclic) bond motifs is 8. The lowest BCUT2D eigenvalue weighted by Gasteiger charge is -2.40. The van der Waals surface area contributed by atoms with Crippen molar-refractivity contribution in [2.75, 3.05) is 188 Å². The third kappa shape index (κ3) is 20.4. The van der Waals surface area contributed by atoms with Crippen LogP contribution in [0.4, 0.5) is 69.8 Å². The first-order chi connectivity index (χ1) is 69.6. The molecule has 2 aliphatic carbocycles. The SMILES string of the molecule is CNc1nc(Nc2ccc(C(=O)N3CCC(N4CCCCC4)CC3)c3c2OCC3)nc2[nH]cc(Cl)c12.CNc1nc(Nc2ccc(C(=O)N3CCOCC3)c3c2OCC3)nc2[nH]cc(C)c12.Cc1c[nH]c2nc(Nc3ccc(C(=O)N4CCOCC4)c4c3OCC4)nc(NC3CCCCC3)c12.O=C(c1ccc(Nc2nc(NC3CCCCC3)c3c(Cl)c[nH]c3n2)c2c1CCO2)N1CCC(N2CCCCC2)CC1. The molecule has 18 heterocycles. The molecule has 12 N–H and O–H groups in total. The molecule has 8 fully saturated rings. The molecule has 0 spiro atoms. The highest BCUT2D eigenvalue weighted by Gasteiger charge is 2.38. The van der Waals surface area contributed by atoms with Gasteiger partial charge in [0.25, 0.3) is 23.6 Å². The van der Waals surface area contributed by atoms with Crippen LogP contribution in [0.25, 0.3) is 44.1 Å². The molecule has 0 atom stereocenters. The van der Waals surface area contributed by atoms with Crippen molar-refractivity contribution < 1.29 is 47.6 Å². The monoisotopic (exact) mass is 1970 g/mol. The van der Waals surface area contributed by atoms with Crippen LogP contribution in [0.5, 0.6) is 23.0 Å². The van der Waals surface area contributed by atoms with Crippen LogP contribution >= 0.6 is 23.2 Å². The van der Waals surface area contributed by atoms with Crippen LogP contribution in [0.3, 0.4) is 0 Å². The third-order valence-electron chi connectivity index (χ3n) is 30.0. The number of amides is 4. The molecular weight excluding hydrogens is 1840 g/mol. The molecule has 142 heavy (non-hydrogen) atoms. The van der Waals surface area contributed by atoms with Crippen molar-refractivity contribution in [2.24, 2.45) is 0 Å². The predicted octanol–water partition coefficient (Wildman–Crippen LogP) is 17.2. The second-order valence-corrected chi connectivity index (χ2v) is 39.8. The quantitative estimate of drug-likeness (QED) is 0.0337. The highest BCUT2D eigenvalue weighted by molar-refractivity contribution is 6.37. The number of carbonyl (C=O) groups excluding carboxylic acids is 4. The second-order valence-electron chi connectivity index (χ2n) is 39.0. The first kappa shape index (κ1) is 95.4. The highest BCUT2D eigenvalue weighted by Crippen LogP contribution is 2.46. The number of anilines is 12. The topological polar surface area (TPSA) is 406 Å². The van der Waals surface area contributed by atoms with Crippen LogP contribution in [0.2, 0.25) is 10.0 Å². The summed E-state index contributed by atoms with van der Waals surface area (Å²) in [7, 11) is 3.64. The van der Waals surface area contributed by atoms with E-state index in [0.29, 0.717) is 196 Å². The number of aromatic nitrogens is 12. The fraction of sp³-hybridized carbons (Fsp3) is 0.500. The number of ether oxygens (including phenoxy) is 6. The number of rotatable bonds is 20. The number of morpholine rings is 2. The molecule has 0 unspecified atom stereocenters. The summed E-state index contributed by atoms with van der Waals surface area (Å²) in [4.78, 5) is 117. The summed E-state index contributed by atoms with van der Waals surface area (Å²) in [6.07, 6.45) is 34.5. The Labute approximate surface area is 834 Å². The molecule has 2 saturated carbocycles. The van der Waals surface area contributed by atoms with Gasteiger partial charge in [0.1, 0.15) is 68.9 Å². The minimum Gasteiger partial charge on any atom is -0.491 e. The van der Waals surface area contributed by atoms with Gasteiger partial charge < -0.3 is 120 Å². The minimum absolute atomic E-state index is 0.0311. The van der Waals surface area contributed by atoms with Crippen LogP contribution < -0.4 is 61.5 Å². The third-order valence-corrected chi connectivity index (χ3v) is 30.6. The number of carbonyl (C=O) groups is 4. The van der Waals surface area contributed by atoms with Gasteiger partial charge in [0.2, 0.25) is 23.8 Å². The van der Waals surface area contributed by atoms with Crippen LogP contribution in [0.15, 0.2) is 73.3 Å². The van der Waals surface area contributed by atoms with Gasteiger partial charge in [-0.25, -0.2) is 0 Å². The molecule has 38 heteroatoms. The lowest BCUT2D eigenvalue weighted by Crippen LogP contribution is -2.48. The number of likely N-dealkylation sites (tertiary alicyclic amines) is 4. The van der Waals surface area contributed by atoms with E-state index in [1.807, 2.05) is 94.5 Å². The number of hydrogen-bond acceptors (Lipinski definition) is 28. The summed E-state index contributed by atoms with van der Waals surface area (Å²) in [5, 5.41) is 31.6. The number of aromatic amines is 4. The van der Waals surface area contributed by atoms with Gasteiger partial charge in [-0.1, -0.05) is 74.6 Å². The maximum absolute atomic E-state index is 13.7. The predicted molar refractivity (Wildman–Crippen MR) is 553 cm³/mol. The summed E-state index contributed by atoms with van der Waals surface area (Å²) >= 11 is 12.8. The fourth-order valence-corrected chi connectivity index (χ4v) is 23.0. The largest absolute Gasteiger partial charge is 0.491 e. The van der Waals surface area contributed by atoms with E-state index in [0.717, 1.165) is 213 Å². The van der Waals surface area contributed by atoms with E-state index in [9.17, 15) is 19.2 Å². The van der Waals surface area contributed by atoms with Crippen molar-refractivity contribution in [3.8, 4) is 23.0 Å². The van der Waals surface area contributed by atoms with E-state index in [2.05, 4.69) is 99.1 Å². The molecule has 748 valence electrons. The van der Waals surface area contributed by atoms with E-state index in [1.165, 1.54) is 103 Å². The number of hydrogen-bond donors (Lipinski definition) is 12. The molecule has 4 aromatic carbocycles. The van der Waals surface area contributed by atoms with Gasteiger partial charge in [0, 0.05) is 186 Å². The van der Waals surface area contributed by atoms with E-state index in [4.69, 9.17) is 71.6 Å². The molecular formula is C104H128Cl2N26O10. The van der Waals surface area contributed by atoms with E-state index < -0.39 is 0 Å². The Balaban J connectivity index is 0.000000113. The first-order valence-corrected chi connectivity index (χ1v) is 52.1. The second kappa shape index (κ2) is 43.2. The summed E-state index contributed by atoms with van der Waals surface area (Å²) in [5.41, 5.74) is 14.9. The van der Waals surface area contributed by atoms with Crippen LogP contribution in [0, 0.1) is 13.8 Å². The number of H-pyrrole nitrogens is 4. The average molecular weight is 1970 g/mol. The minimum atomic E-state index is 0.0311. The zero-order chi connectivity index (χ0) is 96.9. The van der Waals surface area contributed by atoms with Crippen molar-refractivity contribution >= 4 is 161 Å². The molecule has 0 radical (unpaired) electrons. The first-order valence-electron chi connectivity index (χ1n) is 51.3. The zero-order valence-electron chi connectivity index (χ0n) is 81.4. The summed E-state index contributed by atoms with van der Waals surface area (Å²) in [6, 6.07) is 17.3. The van der Waals surface area contributed by atoms with Gasteiger partial charge >= 0.3 is 0 Å². The Kier molecular flexibility index (Phi) is 29.0. The molecule has 0 bridgehead atoms. The number of nitrogens with one attached hydrogen (secondary N) is 12. The fourth-order valence-electron chi connectivity index (χ4n) is 22.6. The van der Waals surface area contributed by atoms with Gasteiger partial charge in [0.15, 0.2) is 0 Å². The molecule has 4 amide bonds. The van der Waals surface area contributed by atoms with Gasteiger partial charge in [-0.05, 0) is 177 Å². The van der Waals surface area contributed by atoms with Crippen LogP contribution in [0.1, 0.15) is 203 Å². The highest BCUT2D eigenvalue weighted by atomic mass is 35.5. The molecule has 24 rings (SSSR count). The summed E-state index contributed by atoms with van der Waals surface area (Å²) < 4.78 is 34.7. The van der Waals surface area contributed by atoms with E-state index in [-0.39, 0.29) is 23.6 Å². The van der Waals surface area contributed by atoms with Crippen LogP contribution in [-0.2, 0) is 35.2 Å². The number of halogens is 2. The van der Waals surface area contributed by atoms with Crippen molar-refractivity contribution in [1.29, 1.82) is 0 Å². The normalized spacial score (nSPS) is 18.6. The van der Waals surface area contributed by atoms with Crippen molar-refractivity contribution in [2.45, 2.75) is 192 Å². The number of piperidine rings is 4. The smallest absolute Gasteiger partial charge is 0.254 e. The maximum Gasteiger partial charge on any atom is 0.254 e. The molecule has 10 aliphatic heterocycles. The molecule has 12 aromatic rings. The molecule has 12 aliphatic rings. The molecule has 36 nitrogen and oxygen atoms in total. The number of aryl methyl sites for hydroxylation is 2. The summed E-state index contributed by atoms with van der Waals surface area (Å²) in [6.45, 7) is 19.2. The zero-order valence-corrected chi connectivity index (χ0v) is 83.0. The van der Waals surface area contributed by atoms with Gasteiger partial charge in [0.05, 0.1) is 107 Å². The number of benzene rings is 4. The molecule has 8 aromatic heterocycles. The Morgan fingerprint density at radius 2 is 0.606 bits per heavy atom. The Hall–Kier alpha value is -12.7. The van der Waals surface area contributed by atoms with E-state index in [1.54, 1.807) is 19.4 Å². The number of nitrogens with zero attached hydrogens (tertiary/aromatic N) is 14.